The highest BCUT2D eigenvalue weighted by molar-refractivity contribution is 5.86. The zero-order valence-corrected chi connectivity index (χ0v) is 13.8. The van der Waals surface area contributed by atoms with Gasteiger partial charge in [0.05, 0.1) is 13.2 Å². The van der Waals surface area contributed by atoms with Crippen molar-refractivity contribution in [3.63, 3.8) is 0 Å². The first kappa shape index (κ1) is 19.2. The van der Waals surface area contributed by atoms with Crippen molar-refractivity contribution >= 4 is 17.8 Å². The monoisotopic (exact) mass is 329 g/mol. The van der Waals surface area contributed by atoms with Gasteiger partial charge in [-0.3, -0.25) is 14.5 Å². The second-order valence-corrected chi connectivity index (χ2v) is 5.41. The summed E-state index contributed by atoms with van der Waals surface area (Å²) in [6.07, 6.45) is 0. The van der Waals surface area contributed by atoms with Crippen molar-refractivity contribution < 1.29 is 19.5 Å². The third-order valence-corrected chi connectivity index (χ3v) is 3.96. The third kappa shape index (κ3) is 5.68. The predicted octanol–water partition coefficient (Wildman–Crippen LogP) is -1.97. The number of hydrogen-bond acceptors (Lipinski definition) is 5. The first-order valence-electron chi connectivity index (χ1n) is 7.88. The molecule has 1 rings (SSSR count). The van der Waals surface area contributed by atoms with Gasteiger partial charge in [-0.1, -0.05) is 0 Å². The minimum absolute atomic E-state index is 0.0819. The Morgan fingerprint density at radius 3 is 2.17 bits per heavy atom. The Labute approximate surface area is 136 Å². The van der Waals surface area contributed by atoms with Crippen LogP contribution in [0.25, 0.3) is 0 Å². The zero-order valence-electron chi connectivity index (χ0n) is 13.8. The van der Waals surface area contributed by atoms with Crippen LogP contribution in [0.5, 0.6) is 0 Å². The molecule has 1 unspecified atom stereocenters. The molecule has 0 radical (unpaired) electrons. The smallest absolute Gasteiger partial charge is 0.312 e. The minimum Gasteiger partial charge on any atom is -0.394 e. The number of carbonyl (C=O) groups is 3. The van der Waals surface area contributed by atoms with Crippen LogP contribution < -0.4 is 11.1 Å². The van der Waals surface area contributed by atoms with Crippen LogP contribution in [0.1, 0.15) is 13.8 Å². The van der Waals surface area contributed by atoms with Crippen molar-refractivity contribution in [2.75, 3.05) is 52.4 Å². The van der Waals surface area contributed by atoms with Gasteiger partial charge in [0.15, 0.2) is 0 Å². The van der Waals surface area contributed by atoms with Gasteiger partial charge in [0, 0.05) is 39.3 Å². The van der Waals surface area contributed by atoms with E-state index in [1.165, 1.54) is 0 Å². The largest absolute Gasteiger partial charge is 0.394 e. The van der Waals surface area contributed by atoms with Crippen LogP contribution >= 0.6 is 0 Å². The number of likely N-dealkylation sites (N-methyl/N-ethyl adjacent to an activating group) is 1. The molecule has 1 heterocycles. The SMILES string of the molecule is CCN(CC)C(=O)CN1CCN(C(=O)C(CO)NC(N)=O)CC1. The van der Waals surface area contributed by atoms with Crippen molar-refractivity contribution in [3.05, 3.63) is 0 Å². The van der Waals surface area contributed by atoms with Gasteiger partial charge in [0.2, 0.25) is 11.8 Å². The molecule has 1 atom stereocenters. The van der Waals surface area contributed by atoms with E-state index in [0.29, 0.717) is 45.8 Å². The van der Waals surface area contributed by atoms with E-state index in [2.05, 4.69) is 5.32 Å². The Balaban J connectivity index is 2.47. The number of nitrogens with one attached hydrogen (secondary N) is 1. The molecule has 1 aliphatic rings. The normalized spacial score (nSPS) is 16.7. The summed E-state index contributed by atoms with van der Waals surface area (Å²) in [6.45, 7) is 7.14. The predicted molar refractivity (Wildman–Crippen MR) is 84.5 cm³/mol. The Morgan fingerprint density at radius 2 is 1.74 bits per heavy atom. The van der Waals surface area contributed by atoms with Crippen LogP contribution in [0.2, 0.25) is 0 Å². The maximum atomic E-state index is 12.2. The molecular formula is C14H27N5O4. The number of nitrogens with two attached hydrogens (primary N) is 1. The summed E-state index contributed by atoms with van der Waals surface area (Å²) >= 11 is 0. The summed E-state index contributed by atoms with van der Waals surface area (Å²) in [5, 5.41) is 11.4. The summed E-state index contributed by atoms with van der Waals surface area (Å²) in [4.78, 5) is 40.4. The first-order valence-corrected chi connectivity index (χ1v) is 7.88. The van der Waals surface area contributed by atoms with Gasteiger partial charge >= 0.3 is 6.03 Å². The molecule has 0 saturated carbocycles. The Hall–Kier alpha value is -1.87. The summed E-state index contributed by atoms with van der Waals surface area (Å²) in [6, 6.07) is -1.86. The van der Waals surface area contributed by atoms with Gasteiger partial charge in [-0.15, -0.1) is 0 Å². The number of aliphatic hydroxyl groups excluding tert-OH is 1. The summed E-state index contributed by atoms with van der Waals surface area (Å²) in [5.41, 5.74) is 4.99. The zero-order chi connectivity index (χ0) is 17.4. The lowest BCUT2D eigenvalue weighted by Crippen LogP contribution is -2.57. The van der Waals surface area contributed by atoms with Crippen LogP contribution in [0.15, 0.2) is 0 Å². The standard InChI is InChI=1S/C14H27N5O4/c1-3-18(4-2)12(21)9-17-5-7-19(8-6-17)13(22)11(10-20)16-14(15)23/h11,20H,3-10H2,1-2H3,(H3,15,16,23). The van der Waals surface area contributed by atoms with E-state index in [4.69, 9.17) is 5.73 Å². The lowest BCUT2D eigenvalue weighted by molar-refractivity contribution is -0.137. The molecule has 0 aliphatic carbocycles. The Bertz CT molecular complexity index is 419. The minimum atomic E-state index is -1.02. The quantitative estimate of drug-likeness (QED) is 0.500. The Morgan fingerprint density at radius 1 is 1.17 bits per heavy atom. The van der Waals surface area contributed by atoms with Gasteiger partial charge < -0.3 is 26.0 Å². The fourth-order valence-corrected chi connectivity index (χ4v) is 2.57. The molecule has 1 saturated heterocycles. The second-order valence-electron chi connectivity index (χ2n) is 5.41. The van der Waals surface area contributed by atoms with Crippen LogP contribution in [-0.2, 0) is 9.59 Å². The van der Waals surface area contributed by atoms with Gasteiger partial charge in [-0.25, -0.2) is 4.79 Å². The summed E-state index contributed by atoms with van der Waals surface area (Å²) < 4.78 is 0. The molecule has 0 spiro atoms. The van der Waals surface area contributed by atoms with Crippen molar-refractivity contribution in [2.45, 2.75) is 19.9 Å². The highest BCUT2D eigenvalue weighted by Gasteiger charge is 2.28. The molecule has 0 aromatic rings. The molecule has 1 aliphatic heterocycles. The van der Waals surface area contributed by atoms with Gasteiger partial charge in [-0.2, -0.15) is 0 Å². The summed E-state index contributed by atoms with van der Waals surface area (Å²) in [7, 11) is 0. The molecule has 0 aromatic heterocycles. The number of carbonyl (C=O) groups excluding carboxylic acids is 3. The van der Waals surface area contributed by atoms with Crippen molar-refractivity contribution in [1.82, 2.24) is 20.0 Å². The highest BCUT2D eigenvalue weighted by Crippen LogP contribution is 2.05. The van der Waals surface area contributed by atoms with E-state index in [1.54, 1.807) is 9.80 Å². The van der Waals surface area contributed by atoms with Gasteiger partial charge in [0.25, 0.3) is 0 Å². The van der Waals surface area contributed by atoms with Crippen LogP contribution in [0.4, 0.5) is 4.79 Å². The lowest BCUT2D eigenvalue weighted by atomic mass is 10.2. The van der Waals surface area contributed by atoms with Gasteiger partial charge in [-0.05, 0) is 13.8 Å². The topological polar surface area (TPSA) is 119 Å². The molecule has 9 heteroatoms. The number of amides is 4. The second kappa shape index (κ2) is 9.31. The van der Waals surface area contributed by atoms with E-state index in [1.807, 2.05) is 18.7 Å². The van der Waals surface area contributed by atoms with Crippen LogP contribution in [0.3, 0.4) is 0 Å². The molecule has 4 amide bonds. The number of aliphatic hydroxyl groups is 1. The number of urea groups is 1. The molecule has 1 fully saturated rings. The van der Waals surface area contributed by atoms with Gasteiger partial charge in [0.1, 0.15) is 6.04 Å². The lowest BCUT2D eigenvalue weighted by Gasteiger charge is -2.36. The van der Waals surface area contributed by atoms with Crippen molar-refractivity contribution in [2.24, 2.45) is 5.73 Å². The fraction of sp³-hybridized carbons (Fsp3) is 0.786. The molecule has 132 valence electrons. The average Bonchev–Trinajstić information content (AvgIpc) is 2.53. The molecular weight excluding hydrogens is 302 g/mol. The first-order chi connectivity index (χ1) is 10.9. The van der Waals surface area contributed by atoms with E-state index in [9.17, 15) is 19.5 Å². The maximum Gasteiger partial charge on any atom is 0.312 e. The van der Waals surface area contributed by atoms with E-state index >= 15 is 0 Å². The van der Waals surface area contributed by atoms with E-state index in [0.717, 1.165) is 0 Å². The fourth-order valence-electron chi connectivity index (χ4n) is 2.57. The molecule has 0 aromatic carbocycles. The molecule has 0 bridgehead atoms. The molecule has 9 nitrogen and oxygen atoms in total. The van der Waals surface area contributed by atoms with E-state index < -0.39 is 18.7 Å². The maximum absolute atomic E-state index is 12.2. The van der Waals surface area contributed by atoms with Crippen LogP contribution in [0, 0.1) is 0 Å². The highest BCUT2D eigenvalue weighted by atomic mass is 16.3. The number of piperazine rings is 1. The van der Waals surface area contributed by atoms with Crippen molar-refractivity contribution in [1.29, 1.82) is 0 Å². The third-order valence-electron chi connectivity index (χ3n) is 3.96. The number of hydrogen-bond donors (Lipinski definition) is 3. The molecule has 4 N–H and O–H groups in total. The number of nitrogens with zero attached hydrogens (tertiary/aromatic N) is 3. The number of primary amides is 1. The number of rotatable bonds is 7. The van der Waals surface area contributed by atoms with Crippen LogP contribution in [-0.4, -0.2) is 96.1 Å². The summed E-state index contributed by atoms with van der Waals surface area (Å²) in [5.74, 6) is -0.278. The average molecular weight is 329 g/mol. The van der Waals surface area contributed by atoms with Crippen molar-refractivity contribution in [3.8, 4) is 0 Å². The molecule has 23 heavy (non-hydrogen) atoms. The Kier molecular flexibility index (Phi) is 7.76. The van der Waals surface area contributed by atoms with E-state index in [-0.39, 0.29) is 11.8 Å².